The van der Waals surface area contributed by atoms with Crippen LogP contribution < -0.4 is 5.32 Å². The van der Waals surface area contributed by atoms with Crippen LogP contribution in [0, 0.1) is 0 Å². The van der Waals surface area contributed by atoms with Gasteiger partial charge in [0.25, 0.3) is 5.91 Å². The molecule has 1 N–H and O–H groups in total. The molecule has 2 fully saturated rings. The third-order valence-corrected chi connectivity index (χ3v) is 5.59. The van der Waals surface area contributed by atoms with Gasteiger partial charge >= 0.3 is 0 Å². The fourth-order valence-electron chi connectivity index (χ4n) is 3.95. The summed E-state index contributed by atoms with van der Waals surface area (Å²) in [5.41, 5.74) is 1.69. The van der Waals surface area contributed by atoms with Gasteiger partial charge in [0.15, 0.2) is 5.78 Å². The number of rotatable bonds is 5. The summed E-state index contributed by atoms with van der Waals surface area (Å²) in [7, 11) is 0. The van der Waals surface area contributed by atoms with Gasteiger partial charge in [-0.2, -0.15) is 0 Å². The smallest absolute Gasteiger partial charge is 0.251 e. The summed E-state index contributed by atoms with van der Waals surface area (Å²) in [6.07, 6.45) is 1.77. The molecule has 6 heteroatoms. The SMILES string of the molecule is CCCC(NC(=O)c1ccc(C(C)(C)C)cc1)C(=O)N1CCC2OCC(=O)C21. The minimum Gasteiger partial charge on any atom is -0.368 e. The highest BCUT2D eigenvalue weighted by Crippen LogP contribution is 2.28. The minimum absolute atomic E-state index is 0.0118. The topological polar surface area (TPSA) is 75.7 Å². The van der Waals surface area contributed by atoms with Gasteiger partial charge in [-0.25, -0.2) is 0 Å². The molecule has 3 unspecified atom stereocenters. The fourth-order valence-corrected chi connectivity index (χ4v) is 3.95. The van der Waals surface area contributed by atoms with E-state index in [0.717, 1.165) is 12.0 Å². The van der Waals surface area contributed by atoms with Gasteiger partial charge in [0.2, 0.25) is 5.91 Å². The van der Waals surface area contributed by atoms with Crippen molar-refractivity contribution in [1.82, 2.24) is 10.2 Å². The van der Waals surface area contributed by atoms with E-state index in [1.807, 2.05) is 19.1 Å². The number of carbonyl (C=O) groups excluding carboxylic acids is 3. The van der Waals surface area contributed by atoms with E-state index in [9.17, 15) is 14.4 Å². The van der Waals surface area contributed by atoms with Crippen LogP contribution in [-0.2, 0) is 19.7 Å². The molecule has 3 rings (SSSR count). The molecule has 28 heavy (non-hydrogen) atoms. The van der Waals surface area contributed by atoms with Crippen LogP contribution in [0.5, 0.6) is 0 Å². The van der Waals surface area contributed by atoms with Gasteiger partial charge in [-0.3, -0.25) is 14.4 Å². The predicted molar refractivity (Wildman–Crippen MR) is 106 cm³/mol. The predicted octanol–water partition coefficient (Wildman–Crippen LogP) is 2.45. The maximum Gasteiger partial charge on any atom is 0.251 e. The Morgan fingerprint density at radius 1 is 1.25 bits per heavy atom. The van der Waals surface area contributed by atoms with Gasteiger partial charge in [-0.05, 0) is 36.0 Å². The van der Waals surface area contributed by atoms with Crippen LogP contribution in [-0.4, -0.2) is 53.8 Å². The maximum absolute atomic E-state index is 13.1. The van der Waals surface area contributed by atoms with Crippen molar-refractivity contribution in [2.24, 2.45) is 0 Å². The summed E-state index contributed by atoms with van der Waals surface area (Å²) in [6.45, 7) is 8.90. The first-order chi connectivity index (χ1) is 13.2. The molecule has 2 amide bonds. The zero-order valence-electron chi connectivity index (χ0n) is 17.2. The Kier molecular flexibility index (Phi) is 5.89. The number of likely N-dealkylation sites (tertiary alicyclic amines) is 1. The summed E-state index contributed by atoms with van der Waals surface area (Å²) in [5, 5.41) is 2.88. The lowest BCUT2D eigenvalue weighted by Gasteiger charge is -2.27. The van der Waals surface area contributed by atoms with Crippen LogP contribution in [0.2, 0.25) is 0 Å². The number of amides is 2. The second-order valence-corrected chi connectivity index (χ2v) is 8.72. The van der Waals surface area contributed by atoms with Gasteiger partial charge < -0.3 is 15.0 Å². The fraction of sp³-hybridized carbons (Fsp3) is 0.591. The highest BCUT2D eigenvalue weighted by Gasteiger charge is 2.47. The normalized spacial score (nSPS) is 22.9. The van der Waals surface area contributed by atoms with Gasteiger partial charge in [-0.15, -0.1) is 0 Å². The standard InChI is InChI=1S/C22H30N2O4/c1-5-6-16(21(27)24-12-11-18-19(24)17(25)13-28-18)23-20(26)14-7-9-15(10-8-14)22(2,3)4/h7-10,16,18-19H,5-6,11-13H2,1-4H3,(H,23,26). The summed E-state index contributed by atoms with van der Waals surface area (Å²) < 4.78 is 5.47. The van der Waals surface area contributed by atoms with Crippen molar-refractivity contribution < 1.29 is 19.1 Å². The Morgan fingerprint density at radius 3 is 2.54 bits per heavy atom. The molecule has 6 nitrogen and oxygen atoms in total. The molecule has 0 saturated carbocycles. The molecular weight excluding hydrogens is 356 g/mol. The quantitative estimate of drug-likeness (QED) is 0.843. The van der Waals surface area contributed by atoms with Gasteiger partial charge in [0, 0.05) is 12.1 Å². The average molecular weight is 386 g/mol. The zero-order valence-corrected chi connectivity index (χ0v) is 17.2. The second-order valence-electron chi connectivity index (χ2n) is 8.72. The minimum atomic E-state index is -0.632. The molecule has 0 bridgehead atoms. The Labute approximate surface area is 166 Å². The average Bonchev–Trinajstić information content (AvgIpc) is 3.23. The number of Topliss-reactive ketones (excluding diaryl/α,β-unsaturated/α-hetero) is 1. The number of fused-ring (bicyclic) bond motifs is 1. The number of benzene rings is 1. The van der Waals surface area contributed by atoms with E-state index < -0.39 is 12.1 Å². The molecule has 0 aromatic heterocycles. The Morgan fingerprint density at radius 2 is 1.93 bits per heavy atom. The first-order valence-electron chi connectivity index (χ1n) is 10.1. The Bertz CT molecular complexity index is 751. The molecule has 2 aliphatic heterocycles. The lowest BCUT2D eigenvalue weighted by atomic mass is 9.86. The molecular formula is C22H30N2O4. The lowest BCUT2D eigenvalue weighted by molar-refractivity contribution is -0.138. The van der Waals surface area contributed by atoms with Crippen LogP contribution >= 0.6 is 0 Å². The van der Waals surface area contributed by atoms with Crippen molar-refractivity contribution in [2.45, 2.75) is 70.6 Å². The van der Waals surface area contributed by atoms with E-state index in [-0.39, 0.29) is 35.7 Å². The second kappa shape index (κ2) is 8.03. The molecule has 0 aliphatic carbocycles. The Hall–Kier alpha value is -2.21. The van der Waals surface area contributed by atoms with Gasteiger partial charge in [0.05, 0.1) is 6.10 Å². The van der Waals surface area contributed by atoms with E-state index in [0.29, 0.717) is 24.9 Å². The number of ether oxygens (including phenoxy) is 1. The molecule has 2 aliphatic rings. The highest BCUT2D eigenvalue weighted by molar-refractivity contribution is 5.99. The van der Waals surface area contributed by atoms with E-state index in [1.165, 1.54) is 0 Å². The monoisotopic (exact) mass is 386 g/mol. The number of nitrogens with zero attached hydrogens (tertiary/aromatic N) is 1. The van der Waals surface area contributed by atoms with Crippen LogP contribution in [0.4, 0.5) is 0 Å². The molecule has 0 radical (unpaired) electrons. The van der Waals surface area contributed by atoms with Crippen LogP contribution in [0.15, 0.2) is 24.3 Å². The lowest BCUT2D eigenvalue weighted by Crippen LogP contribution is -2.52. The first kappa shape index (κ1) is 20.5. The van der Waals surface area contributed by atoms with Crippen molar-refractivity contribution in [3.8, 4) is 0 Å². The molecule has 2 saturated heterocycles. The maximum atomic E-state index is 13.1. The van der Waals surface area contributed by atoms with Crippen molar-refractivity contribution in [2.75, 3.05) is 13.2 Å². The largest absolute Gasteiger partial charge is 0.368 e. The number of hydrogen-bond acceptors (Lipinski definition) is 4. The molecule has 152 valence electrons. The summed E-state index contributed by atoms with van der Waals surface area (Å²) >= 11 is 0. The number of nitrogens with one attached hydrogen (secondary N) is 1. The van der Waals surface area contributed by atoms with E-state index in [4.69, 9.17) is 4.74 Å². The van der Waals surface area contributed by atoms with Gasteiger partial charge in [0.1, 0.15) is 18.7 Å². The Balaban J connectivity index is 1.71. The summed E-state index contributed by atoms with van der Waals surface area (Å²) in [6, 6.07) is 6.37. The summed E-state index contributed by atoms with van der Waals surface area (Å²) in [5.74, 6) is -0.500. The molecule has 1 aromatic carbocycles. The molecule has 0 spiro atoms. The van der Waals surface area contributed by atoms with Crippen LogP contribution in [0.25, 0.3) is 0 Å². The van der Waals surface area contributed by atoms with Gasteiger partial charge in [-0.1, -0.05) is 46.2 Å². The molecule has 3 atom stereocenters. The molecule has 1 aromatic rings. The molecule has 2 heterocycles. The third kappa shape index (κ3) is 4.12. The third-order valence-electron chi connectivity index (χ3n) is 5.59. The number of hydrogen-bond donors (Lipinski definition) is 1. The zero-order chi connectivity index (χ0) is 20.5. The van der Waals surface area contributed by atoms with Crippen LogP contribution in [0.3, 0.4) is 0 Å². The van der Waals surface area contributed by atoms with Crippen molar-refractivity contribution in [3.05, 3.63) is 35.4 Å². The van der Waals surface area contributed by atoms with E-state index in [1.54, 1.807) is 17.0 Å². The summed E-state index contributed by atoms with van der Waals surface area (Å²) in [4.78, 5) is 39.5. The van der Waals surface area contributed by atoms with E-state index >= 15 is 0 Å². The van der Waals surface area contributed by atoms with Crippen molar-refractivity contribution in [3.63, 3.8) is 0 Å². The first-order valence-corrected chi connectivity index (χ1v) is 10.1. The number of carbonyl (C=O) groups is 3. The highest BCUT2D eigenvalue weighted by atomic mass is 16.5. The van der Waals surface area contributed by atoms with Crippen molar-refractivity contribution in [1.29, 1.82) is 0 Å². The van der Waals surface area contributed by atoms with Crippen molar-refractivity contribution >= 4 is 17.6 Å². The number of ketones is 1. The van der Waals surface area contributed by atoms with E-state index in [2.05, 4.69) is 26.1 Å². The van der Waals surface area contributed by atoms with Crippen LogP contribution in [0.1, 0.15) is 62.9 Å².